The van der Waals surface area contributed by atoms with E-state index in [0.717, 1.165) is 89.9 Å². The average Bonchev–Trinajstić information content (AvgIpc) is 3.34. The molecule has 3 atom stereocenters. The Morgan fingerprint density at radius 2 is 0.739 bits per heavy atom. The van der Waals surface area contributed by atoms with E-state index in [-0.39, 0.29) is 24.9 Å². The molecule has 0 aromatic rings. The number of rotatable bonds is 53. The molecule has 3 unspecified atom stereocenters. The van der Waals surface area contributed by atoms with E-state index < -0.39 is 18.2 Å². The highest BCUT2D eigenvalue weighted by molar-refractivity contribution is 5.77. The molecule has 0 radical (unpaired) electrons. The fourth-order valence-corrected chi connectivity index (χ4v) is 8.85. The molecule has 0 saturated heterocycles. The lowest BCUT2D eigenvalue weighted by atomic mass is 10.0. The molecule has 0 aromatic heterocycles. The van der Waals surface area contributed by atoms with Gasteiger partial charge in [0, 0.05) is 6.42 Å². The van der Waals surface area contributed by atoms with E-state index in [2.05, 4.69) is 99.0 Å². The zero-order valence-electron chi connectivity index (χ0n) is 45.7. The second-order valence-electron chi connectivity index (χ2n) is 20.2. The van der Waals surface area contributed by atoms with E-state index in [0.29, 0.717) is 19.3 Å². The highest BCUT2D eigenvalue weighted by Crippen LogP contribution is 2.18. The van der Waals surface area contributed by atoms with Gasteiger partial charge in [-0.1, -0.05) is 273 Å². The summed E-state index contributed by atoms with van der Waals surface area (Å²) in [5, 5.41) is 23.9. The van der Waals surface area contributed by atoms with Crippen LogP contribution in [0.3, 0.4) is 0 Å². The Balaban J connectivity index is 4.65. The summed E-state index contributed by atoms with van der Waals surface area (Å²) in [6.07, 6.45) is 72.5. The summed E-state index contributed by atoms with van der Waals surface area (Å²) in [6, 6.07) is -0.722. The second kappa shape index (κ2) is 56.2. The van der Waals surface area contributed by atoms with Gasteiger partial charge in [-0.2, -0.15) is 0 Å². The monoisotopic (exact) mass is 964 g/mol. The number of aliphatic hydroxyl groups is 2. The summed E-state index contributed by atoms with van der Waals surface area (Å²) in [4.78, 5) is 26.3. The van der Waals surface area contributed by atoms with Gasteiger partial charge in [-0.25, -0.2) is 0 Å². The SMILES string of the molecule is CCCCC/C=C/C=C/C=C/C=C/CCCCCC(CC(=O)NC(CO)C(O)CCCCCCCCCCCCCCCCCC)OC(=O)CCCCCCC/C=C/C=C/CCCCCCCCC. The Kier molecular flexibility index (Phi) is 54.0. The summed E-state index contributed by atoms with van der Waals surface area (Å²) in [5.74, 6) is -0.525. The zero-order chi connectivity index (χ0) is 50.2. The molecule has 0 aliphatic carbocycles. The summed E-state index contributed by atoms with van der Waals surface area (Å²) in [7, 11) is 0. The molecule has 0 aliphatic rings. The lowest BCUT2D eigenvalue weighted by Crippen LogP contribution is -2.46. The summed E-state index contributed by atoms with van der Waals surface area (Å²) < 4.78 is 5.94. The maximum absolute atomic E-state index is 13.3. The van der Waals surface area contributed by atoms with E-state index >= 15 is 0 Å². The predicted molar refractivity (Wildman–Crippen MR) is 301 cm³/mol. The van der Waals surface area contributed by atoms with Gasteiger partial charge in [-0.3, -0.25) is 9.59 Å². The molecule has 69 heavy (non-hydrogen) atoms. The fourth-order valence-electron chi connectivity index (χ4n) is 8.85. The maximum Gasteiger partial charge on any atom is 0.306 e. The van der Waals surface area contributed by atoms with Crippen molar-refractivity contribution < 1.29 is 24.5 Å². The van der Waals surface area contributed by atoms with Crippen LogP contribution >= 0.6 is 0 Å². The number of hydrogen-bond acceptors (Lipinski definition) is 5. The van der Waals surface area contributed by atoms with Gasteiger partial charge in [0.1, 0.15) is 6.10 Å². The number of nitrogens with one attached hydrogen (secondary N) is 1. The molecule has 1 amide bonds. The number of carbonyl (C=O) groups excluding carboxylic acids is 2. The van der Waals surface area contributed by atoms with Crippen molar-refractivity contribution >= 4 is 11.9 Å². The quantitative estimate of drug-likeness (QED) is 0.0321. The van der Waals surface area contributed by atoms with E-state index in [4.69, 9.17) is 4.74 Å². The van der Waals surface area contributed by atoms with E-state index in [1.165, 1.54) is 154 Å². The summed E-state index contributed by atoms with van der Waals surface area (Å²) >= 11 is 0. The maximum atomic E-state index is 13.3. The zero-order valence-corrected chi connectivity index (χ0v) is 45.7. The van der Waals surface area contributed by atoms with E-state index in [1.807, 2.05) is 0 Å². The number of aliphatic hydroxyl groups excluding tert-OH is 2. The molecule has 0 heterocycles. The van der Waals surface area contributed by atoms with Gasteiger partial charge in [0.15, 0.2) is 0 Å². The van der Waals surface area contributed by atoms with Crippen LogP contribution in [-0.2, 0) is 14.3 Å². The number of ether oxygens (including phenoxy) is 1. The molecule has 3 N–H and O–H groups in total. The van der Waals surface area contributed by atoms with Crippen molar-refractivity contribution in [2.45, 2.75) is 309 Å². The van der Waals surface area contributed by atoms with Crippen molar-refractivity contribution in [2.24, 2.45) is 0 Å². The molecule has 0 spiro atoms. The molecule has 6 heteroatoms. The number of hydrogen-bond donors (Lipinski definition) is 3. The number of allylic oxidation sites excluding steroid dienone is 12. The minimum absolute atomic E-state index is 0.0436. The van der Waals surface area contributed by atoms with Crippen LogP contribution < -0.4 is 5.32 Å². The minimum Gasteiger partial charge on any atom is -0.462 e. The Morgan fingerprint density at radius 1 is 0.420 bits per heavy atom. The Hall–Kier alpha value is -2.70. The van der Waals surface area contributed by atoms with Crippen molar-refractivity contribution in [3.05, 3.63) is 72.9 Å². The van der Waals surface area contributed by atoms with Crippen LogP contribution in [0.4, 0.5) is 0 Å². The van der Waals surface area contributed by atoms with Crippen LogP contribution in [0.5, 0.6) is 0 Å². The van der Waals surface area contributed by atoms with Crippen molar-refractivity contribution in [1.82, 2.24) is 5.32 Å². The number of unbranched alkanes of at least 4 members (excludes halogenated alkanes) is 33. The van der Waals surface area contributed by atoms with Crippen LogP contribution in [-0.4, -0.2) is 46.9 Å². The van der Waals surface area contributed by atoms with Crippen molar-refractivity contribution in [3.8, 4) is 0 Å². The molecule has 400 valence electrons. The number of esters is 1. The lowest BCUT2D eigenvalue weighted by molar-refractivity contribution is -0.151. The molecule has 0 aromatic carbocycles. The van der Waals surface area contributed by atoms with Crippen molar-refractivity contribution in [2.75, 3.05) is 6.61 Å². The topological polar surface area (TPSA) is 95.9 Å². The van der Waals surface area contributed by atoms with Crippen molar-refractivity contribution in [1.29, 1.82) is 0 Å². The molecular formula is C63H113NO5. The predicted octanol–water partition coefficient (Wildman–Crippen LogP) is 18.5. The molecular weight excluding hydrogens is 851 g/mol. The van der Waals surface area contributed by atoms with Gasteiger partial charge >= 0.3 is 5.97 Å². The fraction of sp³-hybridized carbons (Fsp3) is 0.778. The summed E-state index contributed by atoms with van der Waals surface area (Å²) in [6.45, 7) is 6.45. The van der Waals surface area contributed by atoms with Gasteiger partial charge in [0.25, 0.3) is 0 Å². The normalized spacial score (nSPS) is 13.6. The lowest BCUT2D eigenvalue weighted by Gasteiger charge is -2.24. The van der Waals surface area contributed by atoms with Crippen LogP contribution in [0.15, 0.2) is 72.9 Å². The van der Waals surface area contributed by atoms with Crippen LogP contribution in [0.25, 0.3) is 0 Å². The third-order valence-corrected chi connectivity index (χ3v) is 13.4. The number of carbonyl (C=O) groups is 2. The molecule has 0 bridgehead atoms. The summed E-state index contributed by atoms with van der Waals surface area (Å²) in [5.41, 5.74) is 0. The molecule has 0 fully saturated rings. The first-order valence-corrected chi connectivity index (χ1v) is 29.7. The van der Waals surface area contributed by atoms with Crippen LogP contribution in [0.1, 0.15) is 290 Å². The smallest absolute Gasteiger partial charge is 0.306 e. The third kappa shape index (κ3) is 51.5. The van der Waals surface area contributed by atoms with E-state index in [1.54, 1.807) is 0 Å². The molecule has 0 saturated carbocycles. The second-order valence-corrected chi connectivity index (χ2v) is 20.2. The number of amides is 1. The Bertz CT molecular complexity index is 1270. The molecule has 6 nitrogen and oxygen atoms in total. The van der Waals surface area contributed by atoms with Gasteiger partial charge in [-0.15, -0.1) is 0 Å². The average molecular weight is 965 g/mol. The highest BCUT2D eigenvalue weighted by atomic mass is 16.5. The Morgan fingerprint density at radius 3 is 1.17 bits per heavy atom. The largest absolute Gasteiger partial charge is 0.462 e. The first kappa shape index (κ1) is 66.3. The van der Waals surface area contributed by atoms with Gasteiger partial charge < -0.3 is 20.3 Å². The van der Waals surface area contributed by atoms with Crippen LogP contribution in [0.2, 0.25) is 0 Å². The van der Waals surface area contributed by atoms with Gasteiger partial charge in [0.2, 0.25) is 5.91 Å². The Labute approximate surface area is 428 Å². The minimum atomic E-state index is -0.805. The third-order valence-electron chi connectivity index (χ3n) is 13.4. The van der Waals surface area contributed by atoms with Gasteiger partial charge in [0.05, 0.1) is 25.2 Å². The van der Waals surface area contributed by atoms with Gasteiger partial charge in [-0.05, 0) is 77.0 Å². The standard InChI is InChI=1S/C63H113NO5/c1-4-7-10-13-16-19-22-25-28-31-32-35-38-41-44-47-50-53-56-63(68)69-59(54-51-48-45-42-39-36-33-29-26-23-20-17-14-11-8-5-2)57-62(67)64-60(58-65)61(66)55-52-49-46-43-40-37-34-30-27-24-21-18-15-12-9-6-3/h17,20,23,26,28-29,31-33,35-36,39,59-61,65-66H,4-16,18-19,21-22,24-25,27,30,34,37-38,40-58H2,1-3H3,(H,64,67)/b20-17+,26-23+,31-28+,33-29+,35-32+,39-36+. The van der Waals surface area contributed by atoms with Crippen molar-refractivity contribution in [3.63, 3.8) is 0 Å². The highest BCUT2D eigenvalue weighted by Gasteiger charge is 2.24. The first-order valence-electron chi connectivity index (χ1n) is 29.7. The van der Waals surface area contributed by atoms with Crippen LogP contribution in [0, 0.1) is 0 Å². The molecule has 0 aliphatic heterocycles. The molecule has 0 rings (SSSR count). The first-order chi connectivity index (χ1) is 34.0. The van der Waals surface area contributed by atoms with E-state index in [9.17, 15) is 19.8 Å².